The number of rotatable bonds is 4. The summed E-state index contributed by atoms with van der Waals surface area (Å²) in [7, 11) is 3.53. The van der Waals surface area contributed by atoms with Crippen molar-refractivity contribution < 1.29 is 4.79 Å². The standard InChI is InChI=1S/C10H14N6OS/c1-6-14-15-10(18-6)13-9(17)8(11-2)7-4-12-16(3)5-7/h4-5,8,11H,1-3H3,(H,13,15,17). The fourth-order valence-corrected chi connectivity index (χ4v) is 2.16. The van der Waals surface area contributed by atoms with E-state index in [1.165, 1.54) is 11.3 Å². The Morgan fingerprint density at radius 2 is 2.28 bits per heavy atom. The third kappa shape index (κ3) is 2.71. The molecule has 0 aliphatic carbocycles. The Hall–Kier alpha value is -1.80. The Balaban J connectivity index is 2.11. The summed E-state index contributed by atoms with van der Waals surface area (Å²) < 4.78 is 1.65. The average Bonchev–Trinajstić information content (AvgIpc) is 2.89. The van der Waals surface area contributed by atoms with Crippen LogP contribution in [0.2, 0.25) is 0 Å². The largest absolute Gasteiger partial charge is 0.305 e. The molecule has 2 aromatic heterocycles. The molecule has 8 heteroatoms. The van der Waals surface area contributed by atoms with Crippen LogP contribution in [0.15, 0.2) is 12.4 Å². The number of aryl methyl sites for hydroxylation is 2. The summed E-state index contributed by atoms with van der Waals surface area (Å²) in [5.74, 6) is -0.179. The van der Waals surface area contributed by atoms with Crippen molar-refractivity contribution >= 4 is 22.4 Å². The molecule has 1 amide bonds. The number of carbonyl (C=O) groups is 1. The lowest BCUT2D eigenvalue weighted by Crippen LogP contribution is -2.30. The first-order valence-corrected chi connectivity index (χ1v) is 6.18. The van der Waals surface area contributed by atoms with Gasteiger partial charge >= 0.3 is 0 Å². The van der Waals surface area contributed by atoms with Crippen molar-refractivity contribution in [3.8, 4) is 0 Å². The van der Waals surface area contributed by atoms with E-state index in [1.807, 2.05) is 14.0 Å². The normalized spacial score (nSPS) is 12.4. The lowest BCUT2D eigenvalue weighted by molar-refractivity contribution is -0.118. The molecule has 0 fully saturated rings. The summed E-state index contributed by atoms with van der Waals surface area (Å²) in [6.45, 7) is 1.84. The zero-order chi connectivity index (χ0) is 13.1. The predicted octanol–water partition coefficient (Wildman–Crippen LogP) is 0.479. The van der Waals surface area contributed by atoms with Crippen LogP contribution < -0.4 is 10.6 Å². The van der Waals surface area contributed by atoms with Crippen molar-refractivity contribution in [2.24, 2.45) is 7.05 Å². The summed E-state index contributed by atoms with van der Waals surface area (Å²) in [5, 5.41) is 18.7. The minimum Gasteiger partial charge on any atom is -0.305 e. The number of likely N-dealkylation sites (N-methyl/N-ethyl adjacent to an activating group) is 1. The molecular formula is C10H14N6OS. The quantitative estimate of drug-likeness (QED) is 0.840. The third-order valence-corrected chi connectivity index (χ3v) is 3.12. The number of aromatic nitrogens is 4. The third-order valence-electron chi connectivity index (χ3n) is 2.37. The fraction of sp³-hybridized carbons (Fsp3) is 0.400. The highest BCUT2D eigenvalue weighted by molar-refractivity contribution is 7.15. The van der Waals surface area contributed by atoms with E-state index in [4.69, 9.17) is 0 Å². The van der Waals surface area contributed by atoms with Gasteiger partial charge in [0.25, 0.3) is 0 Å². The Morgan fingerprint density at radius 1 is 1.50 bits per heavy atom. The Bertz CT molecular complexity index is 548. The molecule has 18 heavy (non-hydrogen) atoms. The SMILES string of the molecule is CNC(C(=O)Nc1nnc(C)s1)c1cnn(C)c1. The molecule has 2 rings (SSSR count). The van der Waals surface area contributed by atoms with Gasteiger partial charge in [0.1, 0.15) is 11.0 Å². The second kappa shape index (κ2) is 5.23. The van der Waals surface area contributed by atoms with Crippen LogP contribution in [-0.4, -0.2) is 32.9 Å². The number of nitrogens with one attached hydrogen (secondary N) is 2. The van der Waals surface area contributed by atoms with Crippen LogP contribution in [0.3, 0.4) is 0 Å². The first kappa shape index (κ1) is 12.7. The summed E-state index contributed by atoms with van der Waals surface area (Å²) in [6, 6.07) is -0.456. The van der Waals surface area contributed by atoms with E-state index >= 15 is 0 Å². The molecule has 1 unspecified atom stereocenters. The zero-order valence-corrected chi connectivity index (χ0v) is 11.2. The van der Waals surface area contributed by atoms with Crippen molar-refractivity contribution in [3.63, 3.8) is 0 Å². The zero-order valence-electron chi connectivity index (χ0n) is 10.3. The molecule has 0 spiro atoms. The van der Waals surface area contributed by atoms with Crippen LogP contribution in [-0.2, 0) is 11.8 Å². The molecule has 7 nitrogen and oxygen atoms in total. The van der Waals surface area contributed by atoms with Gasteiger partial charge in [-0.15, -0.1) is 10.2 Å². The van der Waals surface area contributed by atoms with Crippen LogP contribution in [0.5, 0.6) is 0 Å². The average molecular weight is 266 g/mol. The topological polar surface area (TPSA) is 84.7 Å². The van der Waals surface area contributed by atoms with Crippen LogP contribution in [0, 0.1) is 6.92 Å². The monoisotopic (exact) mass is 266 g/mol. The number of carbonyl (C=O) groups excluding carboxylic acids is 1. The van der Waals surface area contributed by atoms with Crippen LogP contribution >= 0.6 is 11.3 Å². The molecule has 0 saturated heterocycles. The fourth-order valence-electron chi connectivity index (χ4n) is 1.56. The summed E-state index contributed by atoms with van der Waals surface area (Å²) in [4.78, 5) is 12.1. The van der Waals surface area contributed by atoms with E-state index < -0.39 is 6.04 Å². The second-order valence-electron chi connectivity index (χ2n) is 3.78. The van der Waals surface area contributed by atoms with Gasteiger partial charge in [0, 0.05) is 18.8 Å². The van der Waals surface area contributed by atoms with E-state index in [9.17, 15) is 4.79 Å². The van der Waals surface area contributed by atoms with Crippen LogP contribution in [0.4, 0.5) is 5.13 Å². The number of amides is 1. The Kier molecular flexibility index (Phi) is 3.68. The molecule has 96 valence electrons. The minimum absolute atomic E-state index is 0.179. The Morgan fingerprint density at radius 3 is 2.78 bits per heavy atom. The van der Waals surface area contributed by atoms with Gasteiger partial charge in [-0.2, -0.15) is 5.10 Å². The second-order valence-corrected chi connectivity index (χ2v) is 4.97. The maximum absolute atomic E-state index is 12.1. The highest BCUT2D eigenvalue weighted by atomic mass is 32.1. The van der Waals surface area contributed by atoms with Gasteiger partial charge < -0.3 is 5.32 Å². The van der Waals surface area contributed by atoms with Gasteiger partial charge in [0.05, 0.1) is 6.20 Å². The van der Waals surface area contributed by atoms with E-state index in [1.54, 1.807) is 24.1 Å². The van der Waals surface area contributed by atoms with Gasteiger partial charge in [0.2, 0.25) is 11.0 Å². The van der Waals surface area contributed by atoms with Crippen molar-refractivity contribution in [2.45, 2.75) is 13.0 Å². The Labute approximate surface area is 108 Å². The number of hydrogen-bond acceptors (Lipinski definition) is 6. The molecule has 0 aliphatic heterocycles. The summed E-state index contributed by atoms with van der Waals surface area (Å²) >= 11 is 1.34. The molecule has 2 aromatic rings. The van der Waals surface area contributed by atoms with Crippen molar-refractivity contribution in [1.82, 2.24) is 25.3 Å². The molecule has 0 radical (unpaired) electrons. The summed E-state index contributed by atoms with van der Waals surface area (Å²) in [6.07, 6.45) is 3.46. The van der Waals surface area contributed by atoms with Crippen molar-refractivity contribution in [2.75, 3.05) is 12.4 Å². The first-order chi connectivity index (χ1) is 8.60. The van der Waals surface area contributed by atoms with Gasteiger partial charge in [-0.1, -0.05) is 11.3 Å². The lowest BCUT2D eigenvalue weighted by Gasteiger charge is -2.12. The van der Waals surface area contributed by atoms with Crippen molar-refractivity contribution in [1.29, 1.82) is 0 Å². The minimum atomic E-state index is -0.456. The van der Waals surface area contributed by atoms with Gasteiger partial charge in [0.15, 0.2) is 0 Å². The molecule has 0 bridgehead atoms. The van der Waals surface area contributed by atoms with Crippen molar-refractivity contribution in [3.05, 3.63) is 23.0 Å². The number of hydrogen-bond donors (Lipinski definition) is 2. The van der Waals surface area contributed by atoms with Crippen LogP contribution in [0.1, 0.15) is 16.6 Å². The van der Waals surface area contributed by atoms with Gasteiger partial charge in [-0.3, -0.25) is 14.8 Å². The molecule has 2 heterocycles. The molecule has 0 aliphatic rings. The van der Waals surface area contributed by atoms with E-state index in [-0.39, 0.29) is 5.91 Å². The molecule has 0 aromatic carbocycles. The number of anilines is 1. The lowest BCUT2D eigenvalue weighted by atomic mass is 10.1. The van der Waals surface area contributed by atoms with Gasteiger partial charge in [-0.25, -0.2) is 0 Å². The molecular weight excluding hydrogens is 252 g/mol. The highest BCUT2D eigenvalue weighted by Gasteiger charge is 2.21. The van der Waals surface area contributed by atoms with Gasteiger partial charge in [-0.05, 0) is 14.0 Å². The highest BCUT2D eigenvalue weighted by Crippen LogP contribution is 2.17. The predicted molar refractivity (Wildman–Crippen MR) is 68.3 cm³/mol. The van der Waals surface area contributed by atoms with Crippen LogP contribution in [0.25, 0.3) is 0 Å². The maximum Gasteiger partial charge on any atom is 0.248 e. The maximum atomic E-state index is 12.1. The van der Waals surface area contributed by atoms with E-state index in [2.05, 4.69) is 25.9 Å². The molecule has 0 saturated carbocycles. The first-order valence-electron chi connectivity index (χ1n) is 5.37. The molecule has 2 N–H and O–H groups in total. The molecule has 1 atom stereocenters. The summed E-state index contributed by atoms with van der Waals surface area (Å²) in [5.41, 5.74) is 0.804. The van der Waals surface area contributed by atoms with E-state index in [0.29, 0.717) is 5.13 Å². The smallest absolute Gasteiger partial charge is 0.248 e. The van der Waals surface area contributed by atoms with E-state index in [0.717, 1.165) is 10.6 Å². The number of nitrogens with zero attached hydrogens (tertiary/aromatic N) is 4.